The van der Waals surface area contributed by atoms with Gasteiger partial charge in [0.2, 0.25) is 0 Å². The van der Waals surface area contributed by atoms with Gasteiger partial charge >= 0.3 is 12.1 Å². The molecule has 0 saturated carbocycles. The van der Waals surface area contributed by atoms with Gasteiger partial charge in [-0.1, -0.05) is 0 Å². The van der Waals surface area contributed by atoms with Crippen LogP contribution >= 0.6 is 0 Å². The summed E-state index contributed by atoms with van der Waals surface area (Å²) in [6.45, 7) is 1.67. The van der Waals surface area contributed by atoms with Gasteiger partial charge in [0.05, 0.1) is 25.9 Å². The Balaban J connectivity index is 2.64. The Morgan fingerprint density at radius 1 is 1.10 bits per heavy atom. The van der Waals surface area contributed by atoms with Gasteiger partial charge in [-0.25, -0.2) is 14.5 Å². The van der Waals surface area contributed by atoms with E-state index in [4.69, 9.17) is 9.47 Å². The molecule has 0 aromatic heterocycles. The van der Waals surface area contributed by atoms with Crippen LogP contribution in [0.2, 0.25) is 0 Å². The molecule has 0 heterocycles. The van der Waals surface area contributed by atoms with Crippen LogP contribution in [0.5, 0.6) is 11.5 Å². The highest BCUT2D eigenvalue weighted by molar-refractivity contribution is 5.92. The van der Waals surface area contributed by atoms with Crippen LogP contribution in [0.4, 0.5) is 4.79 Å². The molecule has 0 aliphatic carbocycles. The zero-order chi connectivity index (χ0) is 15.0. The highest BCUT2D eigenvalue weighted by Crippen LogP contribution is 2.24. The number of benzene rings is 1. The molecule has 0 atom stereocenters. The van der Waals surface area contributed by atoms with Gasteiger partial charge in [0.15, 0.2) is 0 Å². The Morgan fingerprint density at radius 3 is 2.45 bits per heavy atom. The fourth-order valence-corrected chi connectivity index (χ4v) is 1.24. The van der Waals surface area contributed by atoms with E-state index in [1.54, 1.807) is 13.0 Å². The molecule has 0 aliphatic rings. The number of rotatable bonds is 6. The Kier molecular flexibility index (Phi) is 6.11. The van der Waals surface area contributed by atoms with Crippen molar-refractivity contribution in [2.45, 2.75) is 6.92 Å². The molecule has 110 valence electrons. The highest BCUT2D eigenvalue weighted by Gasteiger charge is 2.17. The van der Waals surface area contributed by atoms with Gasteiger partial charge in [-0.2, -0.15) is 0 Å². The van der Waals surface area contributed by atoms with Crippen LogP contribution in [0.1, 0.15) is 17.3 Å². The number of ether oxygens (including phenoxy) is 3. The molecule has 0 amide bonds. The van der Waals surface area contributed by atoms with Crippen LogP contribution in [-0.4, -0.2) is 33.0 Å². The molecule has 0 aliphatic heterocycles. The van der Waals surface area contributed by atoms with Crippen molar-refractivity contribution in [2.24, 2.45) is 0 Å². The molecule has 0 saturated heterocycles. The summed E-state index contributed by atoms with van der Waals surface area (Å²) < 4.78 is 14.3. The molecular weight excluding hydrogens is 272 g/mol. The van der Waals surface area contributed by atoms with Crippen LogP contribution in [-0.2, 0) is 19.6 Å². The maximum absolute atomic E-state index is 11.7. The topological polar surface area (TPSA) is 89.5 Å². The number of carbonyl (C=O) groups excluding carboxylic acids is 2. The van der Waals surface area contributed by atoms with Crippen molar-refractivity contribution in [1.82, 2.24) is 0 Å². The molecule has 0 unspecified atom stereocenters. The lowest BCUT2D eigenvalue weighted by atomic mass is 10.2. The predicted molar refractivity (Wildman–Crippen MR) is 64.2 cm³/mol. The van der Waals surface area contributed by atoms with E-state index in [9.17, 15) is 9.59 Å². The van der Waals surface area contributed by atoms with Gasteiger partial charge in [-0.15, -0.1) is 0 Å². The molecule has 0 radical (unpaired) electrons. The van der Waals surface area contributed by atoms with E-state index < -0.39 is 12.1 Å². The molecule has 1 aromatic carbocycles. The van der Waals surface area contributed by atoms with Crippen molar-refractivity contribution in [3.05, 3.63) is 23.8 Å². The lowest BCUT2D eigenvalue weighted by molar-refractivity contribution is -0.452. The van der Waals surface area contributed by atoms with Gasteiger partial charge < -0.3 is 14.2 Å². The maximum Gasteiger partial charge on any atom is 0.543 e. The van der Waals surface area contributed by atoms with Crippen molar-refractivity contribution in [1.29, 1.82) is 0 Å². The van der Waals surface area contributed by atoms with Crippen LogP contribution < -0.4 is 9.47 Å². The lowest BCUT2D eigenvalue weighted by Gasteiger charge is -2.08. The minimum atomic E-state index is -1.13. The average Bonchev–Trinajstić information content (AvgIpc) is 2.46. The first-order valence-corrected chi connectivity index (χ1v) is 5.56. The molecule has 1 aromatic rings. The van der Waals surface area contributed by atoms with E-state index >= 15 is 0 Å². The van der Waals surface area contributed by atoms with Crippen LogP contribution in [0.3, 0.4) is 0 Å². The first-order valence-electron chi connectivity index (χ1n) is 5.56. The summed E-state index contributed by atoms with van der Waals surface area (Å²) in [6, 6.07) is 4.50. The third kappa shape index (κ3) is 4.32. The zero-order valence-electron chi connectivity index (χ0n) is 11.2. The second-order valence-electron chi connectivity index (χ2n) is 3.27. The summed E-state index contributed by atoms with van der Waals surface area (Å²) in [5, 5.41) is 4.02. The van der Waals surface area contributed by atoms with E-state index in [0.29, 0.717) is 5.75 Å². The van der Waals surface area contributed by atoms with Crippen molar-refractivity contribution < 1.29 is 38.6 Å². The Morgan fingerprint density at radius 2 is 1.85 bits per heavy atom. The van der Waals surface area contributed by atoms with Crippen LogP contribution in [0.15, 0.2) is 18.2 Å². The molecule has 0 fully saturated rings. The first-order chi connectivity index (χ1) is 9.62. The molecular formula is C12H14O8. The highest BCUT2D eigenvalue weighted by atomic mass is 17.5. The van der Waals surface area contributed by atoms with E-state index in [0.717, 1.165) is 0 Å². The Labute approximate surface area is 114 Å². The van der Waals surface area contributed by atoms with Crippen molar-refractivity contribution in [3.8, 4) is 11.5 Å². The van der Waals surface area contributed by atoms with Crippen LogP contribution in [0.25, 0.3) is 0 Å². The summed E-state index contributed by atoms with van der Waals surface area (Å²) in [6.07, 6.45) is -1.13. The quantitative estimate of drug-likeness (QED) is 0.445. The lowest BCUT2D eigenvalue weighted by Crippen LogP contribution is -2.12. The number of hydrogen-bond acceptors (Lipinski definition) is 8. The Hall–Kier alpha value is -2.48. The second kappa shape index (κ2) is 7.85. The number of carbonyl (C=O) groups is 2. The smallest absolute Gasteiger partial charge is 0.497 e. The first kappa shape index (κ1) is 15.6. The molecule has 8 nitrogen and oxygen atoms in total. The van der Waals surface area contributed by atoms with Gasteiger partial charge in [-0.3, -0.25) is 4.89 Å². The standard InChI is InChI=1S/C12H14O8/c1-4-17-12(14)19-20-18-11(13)9-7-8(15-2)5-6-10(9)16-3/h5-7H,4H2,1-3H3. The van der Waals surface area contributed by atoms with Crippen LogP contribution in [0, 0.1) is 0 Å². The maximum atomic E-state index is 11.7. The molecule has 0 N–H and O–H groups in total. The van der Waals surface area contributed by atoms with Crippen molar-refractivity contribution in [3.63, 3.8) is 0 Å². The fraction of sp³-hybridized carbons (Fsp3) is 0.333. The average molecular weight is 286 g/mol. The van der Waals surface area contributed by atoms with E-state index in [1.165, 1.54) is 26.4 Å². The summed E-state index contributed by atoms with van der Waals surface area (Å²) in [5.74, 6) is -0.260. The Bertz CT molecular complexity index is 471. The van der Waals surface area contributed by atoms with Gasteiger partial charge in [-0.05, 0) is 25.1 Å². The van der Waals surface area contributed by atoms with E-state index in [1.807, 2.05) is 0 Å². The number of methoxy groups -OCH3 is 2. The predicted octanol–water partition coefficient (Wildman–Crippen LogP) is 1.88. The third-order valence-electron chi connectivity index (χ3n) is 2.10. The summed E-state index contributed by atoms with van der Waals surface area (Å²) >= 11 is 0. The third-order valence-corrected chi connectivity index (χ3v) is 2.10. The van der Waals surface area contributed by atoms with Crippen molar-refractivity contribution in [2.75, 3.05) is 20.8 Å². The van der Waals surface area contributed by atoms with Gasteiger partial charge in [0, 0.05) is 0 Å². The minimum Gasteiger partial charge on any atom is -0.497 e. The minimum absolute atomic E-state index is 0.0410. The van der Waals surface area contributed by atoms with E-state index in [-0.39, 0.29) is 17.9 Å². The normalized spacial score (nSPS) is 9.55. The molecule has 0 spiro atoms. The molecule has 8 heteroatoms. The van der Waals surface area contributed by atoms with Crippen molar-refractivity contribution >= 4 is 12.1 Å². The SMILES string of the molecule is CCOC(=O)OOOC(=O)c1cc(OC)ccc1OC. The van der Waals surface area contributed by atoms with E-state index in [2.05, 4.69) is 19.6 Å². The molecule has 1 rings (SSSR count). The molecule has 0 bridgehead atoms. The summed E-state index contributed by atoms with van der Waals surface area (Å²) in [5.41, 5.74) is 0.0410. The fourth-order valence-electron chi connectivity index (χ4n) is 1.24. The summed E-state index contributed by atoms with van der Waals surface area (Å²) in [7, 11) is 2.83. The second-order valence-corrected chi connectivity index (χ2v) is 3.27. The largest absolute Gasteiger partial charge is 0.543 e. The number of hydrogen-bond donors (Lipinski definition) is 0. The monoisotopic (exact) mass is 286 g/mol. The zero-order valence-corrected chi connectivity index (χ0v) is 11.2. The van der Waals surface area contributed by atoms with Gasteiger partial charge in [0.25, 0.3) is 0 Å². The van der Waals surface area contributed by atoms with Gasteiger partial charge in [0.1, 0.15) is 17.1 Å². The summed E-state index contributed by atoms with van der Waals surface area (Å²) in [4.78, 5) is 30.8. The molecule has 20 heavy (non-hydrogen) atoms.